The van der Waals surface area contributed by atoms with Crippen molar-refractivity contribution in [3.63, 3.8) is 0 Å². The molecule has 2 amide bonds. The molecule has 0 aliphatic rings. The maximum Gasteiger partial charge on any atom is 0.317 e. The van der Waals surface area contributed by atoms with Crippen LogP contribution in [0.1, 0.15) is 34.9 Å². The van der Waals surface area contributed by atoms with E-state index in [2.05, 4.69) is 10.5 Å². The second-order valence-corrected chi connectivity index (χ2v) is 5.82. The van der Waals surface area contributed by atoms with Crippen molar-refractivity contribution in [3.05, 3.63) is 39.4 Å². The van der Waals surface area contributed by atoms with Crippen LogP contribution in [0.25, 0.3) is 0 Å². The SMILES string of the molecule is Cc1noc(C)c1CN(C)C(=O)N[C@@H](C)c1cccs1. The van der Waals surface area contributed by atoms with Crippen molar-refractivity contribution in [2.45, 2.75) is 33.4 Å². The van der Waals surface area contributed by atoms with E-state index >= 15 is 0 Å². The van der Waals surface area contributed by atoms with Gasteiger partial charge < -0.3 is 14.7 Å². The number of aryl methyl sites for hydroxylation is 2. The van der Waals surface area contributed by atoms with E-state index in [1.54, 1.807) is 23.3 Å². The highest BCUT2D eigenvalue weighted by Gasteiger charge is 2.17. The lowest BCUT2D eigenvalue weighted by Gasteiger charge is -2.20. The molecular weight excluding hydrogens is 274 g/mol. The molecule has 108 valence electrons. The molecule has 0 aromatic carbocycles. The molecule has 0 unspecified atom stereocenters. The van der Waals surface area contributed by atoms with E-state index in [4.69, 9.17) is 4.52 Å². The predicted molar refractivity (Wildman–Crippen MR) is 78.7 cm³/mol. The fourth-order valence-corrected chi connectivity index (χ4v) is 2.68. The summed E-state index contributed by atoms with van der Waals surface area (Å²) in [5.41, 5.74) is 1.79. The zero-order chi connectivity index (χ0) is 14.7. The minimum atomic E-state index is -0.106. The number of amides is 2. The van der Waals surface area contributed by atoms with Gasteiger partial charge in [-0.1, -0.05) is 11.2 Å². The van der Waals surface area contributed by atoms with E-state index in [-0.39, 0.29) is 12.1 Å². The molecule has 1 atom stereocenters. The lowest BCUT2D eigenvalue weighted by Crippen LogP contribution is -2.38. The van der Waals surface area contributed by atoms with Gasteiger partial charge in [0.15, 0.2) is 0 Å². The van der Waals surface area contributed by atoms with Crippen LogP contribution in [0.5, 0.6) is 0 Å². The van der Waals surface area contributed by atoms with Crippen molar-refractivity contribution < 1.29 is 9.32 Å². The van der Waals surface area contributed by atoms with Gasteiger partial charge in [0.25, 0.3) is 0 Å². The van der Waals surface area contributed by atoms with E-state index in [1.165, 1.54) is 0 Å². The number of hydrogen-bond acceptors (Lipinski definition) is 4. The highest BCUT2D eigenvalue weighted by atomic mass is 32.1. The number of hydrogen-bond donors (Lipinski definition) is 1. The molecule has 1 N–H and O–H groups in total. The van der Waals surface area contributed by atoms with Gasteiger partial charge >= 0.3 is 6.03 Å². The highest BCUT2D eigenvalue weighted by molar-refractivity contribution is 7.10. The van der Waals surface area contributed by atoms with Crippen molar-refractivity contribution in [3.8, 4) is 0 Å². The molecule has 0 aliphatic carbocycles. The number of aromatic nitrogens is 1. The first-order chi connectivity index (χ1) is 9.49. The number of nitrogens with one attached hydrogen (secondary N) is 1. The summed E-state index contributed by atoms with van der Waals surface area (Å²) in [4.78, 5) is 14.9. The highest BCUT2D eigenvalue weighted by Crippen LogP contribution is 2.19. The normalized spacial score (nSPS) is 12.2. The number of rotatable bonds is 4. The van der Waals surface area contributed by atoms with Crippen LogP contribution in [0, 0.1) is 13.8 Å². The van der Waals surface area contributed by atoms with E-state index in [0.717, 1.165) is 21.9 Å². The second kappa shape index (κ2) is 6.09. The molecule has 0 radical (unpaired) electrons. The summed E-state index contributed by atoms with van der Waals surface area (Å²) in [6.45, 7) is 6.21. The molecule has 0 spiro atoms. The van der Waals surface area contributed by atoms with Crippen LogP contribution in [0.15, 0.2) is 22.0 Å². The number of thiophene rings is 1. The van der Waals surface area contributed by atoms with Gasteiger partial charge in [0.2, 0.25) is 0 Å². The maximum atomic E-state index is 12.2. The van der Waals surface area contributed by atoms with E-state index in [1.807, 2.05) is 38.3 Å². The minimum absolute atomic E-state index is 0.00891. The molecule has 0 fully saturated rings. The van der Waals surface area contributed by atoms with Gasteiger partial charge in [0, 0.05) is 17.5 Å². The first-order valence-corrected chi connectivity index (χ1v) is 7.33. The lowest BCUT2D eigenvalue weighted by atomic mass is 10.2. The standard InChI is InChI=1S/C14H19N3O2S/c1-9-12(11(3)19-16-9)8-17(4)14(18)15-10(2)13-6-5-7-20-13/h5-7,10H,8H2,1-4H3,(H,15,18)/t10-/m0/s1. The molecule has 2 aromatic heterocycles. The Balaban J connectivity index is 1.96. The molecule has 20 heavy (non-hydrogen) atoms. The molecule has 6 heteroatoms. The Morgan fingerprint density at radius 1 is 1.55 bits per heavy atom. The number of urea groups is 1. The van der Waals surface area contributed by atoms with E-state index < -0.39 is 0 Å². The van der Waals surface area contributed by atoms with Gasteiger partial charge in [-0.2, -0.15) is 0 Å². The van der Waals surface area contributed by atoms with Gasteiger partial charge in [0.1, 0.15) is 5.76 Å². The second-order valence-electron chi connectivity index (χ2n) is 4.85. The first kappa shape index (κ1) is 14.6. The van der Waals surface area contributed by atoms with Crippen LogP contribution >= 0.6 is 11.3 Å². The van der Waals surface area contributed by atoms with Crippen molar-refractivity contribution in [2.75, 3.05) is 7.05 Å². The minimum Gasteiger partial charge on any atom is -0.361 e. The fourth-order valence-electron chi connectivity index (χ4n) is 1.94. The zero-order valence-corrected chi connectivity index (χ0v) is 13.0. The largest absolute Gasteiger partial charge is 0.361 e. The summed E-state index contributed by atoms with van der Waals surface area (Å²) < 4.78 is 5.11. The monoisotopic (exact) mass is 293 g/mol. The summed E-state index contributed by atoms with van der Waals surface area (Å²) in [5, 5.41) is 8.88. The molecular formula is C14H19N3O2S. The van der Waals surface area contributed by atoms with Crippen molar-refractivity contribution >= 4 is 17.4 Å². The zero-order valence-electron chi connectivity index (χ0n) is 12.1. The third-order valence-electron chi connectivity index (χ3n) is 3.23. The maximum absolute atomic E-state index is 12.2. The first-order valence-electron chi connectivity index (χ1n) is 6.45. The summed E-state index contributed by atoms with van der Waals surface area (Å²) in [6.07, 6.45) is 0. The average molecular weight is 293 g/mol. The van der Waals surface area contributed by atoms with E-state index in [9.17, 15) is 4.79 Å². The van der Waals surface area contributed by atoms with Gasteiger partial charge in [0.05, 0.1) is 18.3 Å². The predicted octanol–water partition coefficient (Wildman–Crippen LogP) is 3.26. The van der Waals surface area contributed by atoms with Crippen molar-refractivity contribution in [1.82, 2.24) is 15.4 Å². The molecule has 0 aliphatic heterocycles. The summed E-state index contributed by atoms with van der Waals surface area (Å²) in [5.74, 6) is 0.758. The molecule has 0 saturated heterocycles. The molecule has 2 aromatic rings. The Morgan fingerprint density at radius 2 is 2.30 bits per heavy atom. The Hall–Kier alpha value is -1.82. The van der Waals surface area contributed by atoms with Crippen LogP contribution in [0.2, 0.25) is 0 Å². The number of nitrogens with zero attached hydrogens (tertiary/aromatic N) is 2. The summed E-state index contributed by atoms with van der Waals surface area (Å²) in [7, 11) is 1.77. The van der Waals surface area contributed by atoms with Crippen LogP contribution in [0.4, 0.5) is 4.79 Å². The van der Waals surface area contributed by atoms with Gasteiger partial charge in [-0.05, 0) is 32.2 Å². The topological polar surface area (TPSA) is 58.4 Å². The summed E-state index contributed by atoms with van der Waals surface area (Å²) >= 11 is 1.64. The lowest BCUT2D eigenvalue weighted by molar-refractivity contribution is 0.203. The molecule has 2 rings (SSSR count). The third kappa shape index (κ3) is 3.19. The smallest absolute Gasteiger partial charge is 0.317 e. The fraction of sp³-hybridized carbons (Fsp3) is 0.429. The molecule has 2 heterocycles. The van der Waals surface area contributed by atoms with Crippen LogP contribution in [0.3, 0.4) is 0 Å². The van der Waals surface area contributed by atoms with Gasteiger partial charge in [-0.3, -0.25) is 0 Å². The average Bonchev–Trinajstić information content (AvgIpc) is 3.03. The third-order valence-corrected chi connectivity index (χ3v) is 4.29. The van der Waals surface area contributed by atoms with Crippen molar-refractivity contribution in [1.29, 1.82) is 0 Å². The Morgan fingerprint density at radius 3 is 2.85 bits per heavy atom. The van der Waals surface area contributed by atoms with Crippen LogP contribution in [-0.4, -0.2) is 23.1 Å². The molecule has 0 saturated carbocycles. The quantitative estimate of drug-likeness (QED) is 0.941. The molecule has 0 bridgehead atoms. The molecule has 5 nitrogen and oxygen atoms in total. The Kier molecular flexibility index (Phi) is 4.44. The van der Waals surface area contributed by atoms with Gasteiger partial charge in [-0.25, -0.2) is 4.79 Å². The van der Waals surface area contributed by atoms with Gasteiger partial charge in [-0.15, -0.1) is 11.3 Å². The van der Waals surface area contributed by atoms with Crippen LogP contribution in [-0.2, 0) is 6.54 Å². The van der Waals surface area contributed by atoms with E-state index in [0.29, 0.717) is 6.54 Å². The Labute approximate surface area is 122 Å². The number of carbonyl (C=O) groups excluding carboxylic acids is 1. The number of carbonyl (C=O) groups is 1. The van der Waals surface area contributed by atoms with Crippen molar-refractivity contribution in [2.24, 2.45) is 0 Å². The Bertz CT molecular complexity index is 558. The van der Waals surface area contributed by atoms with Crippen LogP contribution < -0.4 is 5.32 Å². The summed E-state index contributed by atoms with van der Waals surface area (Å²) in [6, 6.07) is 3.90.